The van der Waals surface area contributed by atoms with Gasteiger partial charge in [0.15, 0.2) is 0 Å². The Morgan fingerprint density at radius 3 is 2.60 bits per heavy atom. The standard InChI is InChI=1S/C16H15BrN2O/c1-9-6-14-15(7-10(9)2)19-16(18-14)12-8-11(20-3)4-5-13(12)17/h4-8H,1-3H3,(H,18,19). The van der Waals surface area contributed by atoms with Crippen LogP contribution in [0.15, 0.2) is 34.8 Å². The minimum atomic E-state index is 0.816. The number of imidazole rings is 1. The Labute approximate surface area is 126 Å². The Hall–Kier alpha value is -1.81. The monoisotopic (exact) mass is 330 g/mol. The summed E-state index contributed by atoms with van der Waals surface area (Å²) >= 11 is 3.57. The number of benzene rings is 2. The summed E-state index contributed by atoms with van der Waals surface area (Å²) in [4.78, 5) is 8.06. The molecule has 0 fully saturated rings. The second-order valence-corrected chi connectivity index (χ2v) is 5.74. The van der Waals surface area contributed by atoms with Crippen LogP contribution in [0.5, 0.6) is 5.75 Å². The highest BCUT2D eigenvalue weighted by Crippen LogP contribution is 2.31. The minimum absolute atomic E-state index is 0.816. The lowest BCUT2D eigenvalue weighted by Crippen LogP contribution is -1.86. The second-order valence-electron chi connectivity index (χ2n) is 4.88. The van der Waals surface area contributed by atoms with Crippen LogP contribution in [0.3, 0.4) is 0 Å². The van der Waals surface area contributed by atoms with Crippen molar-refractivity contribution in [1.29, 1.82) is 0 Å². The molecule has 0 unspecified atom stereocenters. The lowest BCUT2D eigenvalue weighted by Gasteiger charge is -2.04. The molecule has 3 rings (SSSR count). The highest BCUT2D eigenvalue weighted by atomic mass is 79.9. The van der Waals surface area contributed by atoms with Crippen molar-refractivity contribution in [3.8, 4) is 17.1 Å². The number of hydrogen-bond donors (Lipinski definition) is 1. The van der Waals surface area contributed by atoms with Crippen LogP contribution >= 0.6 is 15.9 Å². The third-order valence-corrected chi connectivity index (χ3v) is 4.22. The molecular weight excluding hydrogens is 316 g/mol. The molecule has 102 valence electrons. The highest BCUT2D eigenvalue weighted by molar-refractivity contribution is 9.10. The van der Waals surface area contributed by atoms with Crippen molar-refractivity contribution in [3.63, 3.8) is 0 Å². The van der Waals surface area contributed by atoms with Crippen LogP contribution in [0, 0.1) is 13.8 Å². The van der Waals surface area contributed by atoms with Crippen molar-refractivity contribution in [3.05, 3.63) is 45.9 Å². The number of methoxy groups -OCH3 is 1. The van der Waals surface area contributed by atoms with Crippen LogP contribution in [0.25, 0.3) is 22.4 Å². The molecule has 1 N–H and O–H groups in total. The Morgan fingerprint density at radius 2 is 1.85 bits per heavy atom. The van der Waals surface area contributed by atoms with Crippen molar-refractivity contribution in [2.24, 2.45) is 0 Å². The zero-order valence-electron chi connectivity index (χ0n) is 11.6. The third kappa shape index (κ3) is 2.20. The van der Waals surface area contributed by atoms with E-state index in [0.717, 1.165) is 32.6 Å². The average molecular weight is 331 g/mol. The van der Waals surface area contributed by atoms with Crippen LogP contribution in [-0.2, 0) is 0 Å². The molecule has 2 aromatic carbocycles. The number of aromatic nitrogens is 2. The molecule has 0 saturated heterocycles. The van der Waals surface area contributed by atoms with E-state index < -0.39 is 0 Å². The minimum Gasteiger partial charge on any atom is -0.497 e. The van der Waals surface area contributed by atoms with E-state index in [1.54, 1.807) is 7.11 Å². The van der Waals surface area contributed by atoms with Crippen molar-refractivity contribution in [2.45, 2.75) is 13.8 Å². The van der Waals surface area contributed by atoms with Gasteiger partial charge in [0.25, 0.3) is 0 Å². The van der Waals surface area contributed by atoms with E-state index in [4.69, 9.17) is 4.74 Å². The summed E-state index contributed by atoms with van der Waals surface area (Å²) in [5.41, 5.74) is 5.55. The molecule has 1 heterocycles. The predicted molar refractivity (Wildman–Crippen MR) is 85.3 cm³/mol. The maximum Gasteiger partial charge on any atom is 0.139 e. The highest BCUT2D eigenvalue weighted by Gasteiger charge is 2.11. The largest absolute Gasteiger partial charge is 0.497 e. The first kappa shape index (κ1) is 13.2. The van der Waals surface area contributed by atoms with Gasteiger partial charge >= 0.3 is 0 Å². The van der Waals surface area contributed by atoms with Gasteiger partial charge in [-0.2, -0.15) is 0 Å². The van der Waals surface area contributed by atoms with E-state index in [0.29, 0.717) is 0 Å². The molecule has 0 amide bonds. The number of ether oxygens (including phenoxy) is 1. The summed E-state index contributed by atoms with van der Waals surface area (Å²) in [5, 5.41) is 0. The molecule has 0 saturated carbocycles. The summed E-state index contributed by atoms with van der Waals surface area (Å²) in [6.45, 7) is 4.21. The predicted octanol–water partition coefficient (Wildman–Crippen LogP) is 4.62. The lowest BCUT2D eigenvalue weighted by atomic mass is 10.1. The molecule has 4 heteroatoms. The molecule has 0 aliphatic carbocycles. The normalized spacial score (nSPS) is 11.0. The molecule has 0 spiro atoms. The van der Waals surface area contributed by atoms with Crippen molar-refractivity contribution < 1.29 is 4.74 Å². The second kappa shape index (κ2) is 4.94. The van der Waals surface area contributed by atoms with E-state index in [1.807, 2.05) is 18.2 Å². The van der Waals surface area contributed by atoms with E-state index >= 15 is 0 Å². The van der Waals surface area contributed by atoms with Crippen LogP contribution in [-0.4, -0.2) is 17.1 Å². The molecule has 0 aliphatic rings. The molecule has 0 radical (unpaired) electrons. The van der Waals surface area contributed by atoms with Crippen LogP contribution < -0.4 is 4.74 Å². The number of aryl methyl sites for hydroxylation is 2. The summed E-state index contributed by atoms with van der Waals surface area (Å²) in [6, 6.07) is 10.1. The molecule has 0 atom stereocenters. The number of rotatable bonds is 2. The molecule has 3 aromatic rings. The van der Waals surface area contributed by atoms with Gasteiger partial charge in [-0.15, -0.1) is 0 Å². The lowest BCUT2D eigenvalue weighted by molar-refractivity contribution is 0.415. The van der Waals surface area contributed by atoms with Crippen LogP contribution in [0.2, 0.25) is 0 Å². The summed E-state index contributed by atoms with van der Waals surface area (Å²) in [7, 11) is 1.67. The van der Waals surface area contributed by atoms with E-state index in [1.165, 1.54) is 11.1 Å². The van der Waals surface area contributed by atoms with Gasteiger partial charge in [0.1, 0.15) is 11.6 Å². The molecule has 0 aliphatic heterocycles. The zero-order chi connectivity index (χ0) is 14.3. The maximum absolute atomic E-state index is 5.28. The van der Waals surface area contributed by atoms with E-state index in [-0.39, 0.29) is 0 Å². The zero-order valence-corrected chi connectivity index (χ0v) is 13.2. The molecule has 20 heavy (non-hydrogen) atoms. The van der Waals surface area contributed by atoms with Crippen LogP contribution in [0.1, 0.15) is 11.1 Å². The van der Waals surface area contributed by atoms with Gasteiger partial charge < -0.3 is 9.72 Å². The van der Waals surface area contributed by atoms with Gasteiger partial charge in [-0.05, 0) is 55.3 Å². The number of nitrogens with one attached hydrogen (secondary N) is 1. The number of halogens is 1. The Morgan fingerprint density at radius 1 is 1.10 bits per heavy atom. The number of hydrogen-bond acceptors (Lipinski definition) is 2. The first-order chi connectivity index (χ1) is 9.58. The fourth-order valence-corrected chi connectivity index (χ4v) is 2.64. The fourth-order valence-electron chi connectivity index (χ4n) is 2.21. The van der Waals surface area contributed by atoms with Crippen molar-refractivity contribution in [2.75, 3.05) is 7.11 Å². The molecule has 1 aromatic heterocycles. The topological polar surface area (TPSA) is 37.9 Å². The van der Waals surface area contributed by atoms with E-state index in [2.05, 4.69) is 51.9 Å². The van der Waals surface area contributed by atoms with Gasteiger partial charge in [-0.1, -0.05) is 15.9 Å². The first-order valence-electron chi connectivity index (χ1n) is 6.39. The summed E-state index contributed by atoms with van der Waals surface area (Å²) in [5.74, 6) is 1.66. The van der Waals surface area contributed by atoms with Gasteiger partial charge in [-0.3, -0.25) is 0 Å². The number of fused-ring (bicyclic) bond motifs is 1. The Kier molecular flexibility index (Phi) is 3.26. The Bertz CT molecular complexity index is 754. The quantitative estimate of drug-likeness (QED) is 0.744. The Balaban J connectivity index is 2.19. The SMILES string of the molecule is COc1ccc(Br)c(-c2nc3cc(C)c(C)cc3[nH]2)c1. The molecule has 3 nitrogen and oxygen atoms in total. The van der Waals surface area contributed by atoms with Gasteiger partial charge in [0.2, 0.25) is 0 Å². The fraction of sp³-hybridized carbons (Fsp3) is 0.188. The summed E-state index contributed by atoms with van der Waals surface area (Å²) < 4.78 is 6.27. The maximum atomic E-state index is 5.28. The van der Waals surface area contributed by atoms with Gasteiger partial charge in [0.05, 0.1) is 18.1 Å². The van der Waals surface area contributed by atoms with E-state index in [9.17, 15) is 0 Å². The smallest absolute Gasteiger partial charge is 0.139 e. The first-order valence-corrected chi connectivity index (χ1v) is 7.18. The summed E-state index contributed by atoms with van der Waals surface area (Å²) in [6.07, 6.45) is 0. The number of H-pyrrole nitrogens is 1. The third-order valence-electron chi connectivity index (χ3n) is 3.53. The van der Waals surface area contributed by atoms with Gasteiger partial charge in [-0.25, -0.2) is 4.98 Å². The van der Waals surface area contributed by atoms with Crippen molar-refractivity contribution in [1.82, 2.24) is 9.97 Å². The van der Waals surface area contributed by atoms with Crippen molar-refractivity contribution >= 4 is 27.0 Å². The molecule has 0 bridgehead atoms. The number of aromatic amines is 1. The average Bonchev–Trinajstić information content (AvgIpc) is 2.82. The number of nitrogens with zero attached hydrogens (tertiary/aromatic N) is 1. The van der Waals surface area contributed by atoms with Crippen LogP contribution in [0.4, 0.5) is 0 Å². The van der Waals surface area contributed by atoms with Gasteiger partial charge in [0, 0.05) is 10.0 Å². The molecular formula is C16H15BrN2O.